The number of benzene rings is 1. The van der Waals surface area contributed by atoms with Gasteiger partial charge in [0.05, 0.1) is 11.9 Å². The minimum atomic E-state index is -3.49. The predicted octanol–water partition coefficient (Wildman–Crippen LogP) is 2.22. The summed E-state index contributed by atoms with van der Waals surface area (Å²) in [5.74, 6) is 0.349. The molecule has 6 heteroatoms. The first-order valence-corrected chi connectivity index (χ1v) is 7.70. The van der Waals surface area contributed by atoms with E-state index in [1.54, 1.807) is 12.1 Å². The maximum absolute atomic E-state index is 11.1. The van der Waals surface area contributed by atoms with E-state index in [4.69, 9.17) is 15.4 Å². The lowest BCUT2D eigenvalue weighted by atomic mass is 10.1. The van der Waals surface area contributed by atoms with E-state index in [9.17, 15) is 13.5 Å². The third kappa shape index (κ3) is 2.66. The van der Waals surface area contributed by atoms with E-state index in [1.807, 2.05) is 6.92 Å². The highest BCUT2D eigenvalue weighted by Crippen LogP contribution is 2.48. The van der Waals surface area contributed by atoms with Crippen LogP contribution in [0.2, 0.25) is 0 Å². The summed E-state index contributed by atoms with van der Waals surface area (Å²) >= 11 is 0. The molecule has 2 atom stereocenters. The molecule has 0 aromatic heterocycles. The summed E-state index contributed by atoms with van der Waals surface area (Å²) in [4.78, 5) is 0. The number of ether oxygens (including phenoxy) is 1. The number of phenols is 1. The van der Waals surface area contributed by atoms with E-state index in [2.05, 4.69) is 0 Å². The number of hydrogen-bond donors (Lipinski definition) is 1. The number of halogens is 1. The number of rotatable bonds is 4. The lowest BCUT2D eigenvalue weighted by Gasteiger charge is -2.07. The van der Waals surface area contributed by atoms with E-state index >= 15 is 0 Å². The highest BCUT2D eigenvalue weighted by atomic mass is 35.7. The van der Waals surface area contributed by atoms with Gasteiger partial charge in [-0.15, -0.1) is 0 Å². The first-order valence-electron chi connectivity index (χ1n) is 5.32. The first-order chi connectivity index (χ1) is 7.93. The Labute approximate surface area is 105 Å². The van der Waals surface area contributed by atoms with Gasteiger partial charge < -0.3 is 9.84 Å². The van der Waals surface area contributed by atoms with Crippen LogP contribution >= 0.6 is 10.7 Å². The van der Waals surface area contributed by atoms with E-state index in [0.717, 1.165) is 5.56 Å². The highest BCUT2D eigenvalue weighted by Gasteiger charge is 2.47. The van der Waals surface area contributed by atoms with Crippen molar-refractivity contribution in [2.45, 2.75) is 24.5 Å². The molecule has 4 nitrogen and oxygen atoms in total. The Kier molecular flexibility index (Phi) is 3.23. The molecule has 1 aromatic rings. The quantitative estimate of drug-likeness (QED) is 0.857. The van der Waals surface area contributed by atoms with Crippen LogP contribution < -0.4 is 4.74 Å². The average molecular weight is 277 g/mol. The number of aromatic hydroxyl groups is 1. The van der Waals surface area contributed by atoms with Crippen molar-refractivity contribution >= 4 is 19.7 Å². The molecule has 1 aromatic carbocycles. The van der Waals surface area contributed by atoms with Crippen molar-refractivity contribution in [3.05, 3.63) is 23.8 Å². The monoisotopic (exact) mass is 276 g/mol. The van der Waals surface area contributed by atoms with Gasteiger partial charge in [0, 0.05) is 16.6 Å². The Hall–Kier alpha value is -0.940. The third-order valence-electron chi connectivity index (χ3n) is 2.81. The normalized spacial score (nSPS) is 23.4. The van der Waals surface area contributed by atoms with Gasteiger partial charge in [0.2, 0.25) is 9.05 Å². The molecule has 1 fully saturated rings. The van der Waals surface area contributed by atoms with Gasteiger partial charge >= 0.3 is 0 Å². The average Bonchev–Trinajstić information content (AvgIpc) is 3.00. The Bertz CT molecular complexity index is 526. The van der Waals surface area contributed by atoms with Gasteiger partial charge in [0.1, 0.15) is 0 Å². The smallest absolute Gasteiger partial charge is 0.236 e. The topological polar surface area (TPSA) is 63.6 Å². The first kappa shape index (κ1) is 12.5. The van der Waals surface area contributed by atoms with Crippen LogP contribution in [0.3, 0.4) is 0 Å². The summed E-state index contributed by atoms with van der Waals surface area (Å²) in [6.07, 6.45) is 0.530. The van der Waals surface area contributed by atoms with Crippen molar-refractivity contribution in [2.24, 2.45) is 0 Å². The van der Waals surface area contributed by atoms with Crippen LogP contribution in [0.25, 0.3) is 0 Å². The van der Waals surface area contributed by atoms with Crippen LogP contribution in [0.4, 0.5) is 0 Å². The van der Waals surface area contributed by atoms with E-state index in [0.29, 0.717) is 18.8 Å². The van der Waals surface area contributed by atoms with Crippen molar-refractivity contribution in [3.8, 4) is 11.5 Å². The molecule has 1 aliphatic carbocycles. The molecule has 17 heavy (non-hydrogen) atoms. The third-order valence-corrected chi connectivity index (χ3v) is 4.74. The summed E-state index contributed by atoms with van der Waals surface area (Å²) in [7, 11) is 1.81. The van der Waals surface area contributed by atoms with E-state index in [-0.39, 0.29) is 11.7 Å². The van der Waals surface area contributed by atoms with Gasteiger partial charge in [0.15, 0.2) is 11.5 Å². The van der Waals surface area contributed by atoms with Gasteiger partial charge in [-0.25, -0.2) is 8.42 Å². The zero-order valence-electron chi connectivity index (χ0n) is 9.26. The van der Waals surface area contributed by atoms with Gasteiger partial charge in [-0.2, -0.15) is 0 Å². The minimum absolute atomic E-state index is 0.0570. The van der Waals surface area contributed by atoms with Crippen molar-refractivity contribution < 1.29 is 18.3 Å². The number of phenolic OH excluding ortho intramolecular Hbond substituents is 1. The second-order valence-electron chi connectivity index (χ2n) is 4.02. The molecule has 1 saturated carbocycles. The molecule has 94 valence electrons. The molecule has 0 heterocycles. The van der Waals surface area contributed by atoms with Gasteiger partial charge in [-0.3, -0.25) is 0 Å². The Morgan fingerprint density at radius 3 is 2.76 bits per heavy atom. The zero-order chi connectivity index (χ0) is 12.6. The van der Waals surface area contributed by atoms with Crippen LogP contribution in [0.5, 0.6) is 11.5 Å². The molecular formula is C11H13ClO4S. The van der Waals surface area contributed by atoms with Gasteiger partial charge in [0.25, 0.3) is 0 Å². The van der Waals surface area contributed by atoms with Crippen LogP contribution in [0.1, 0.15) is 24.8 Å². The standard InChI is InChI=1S/C11H13ClO4S/c1-2-16-10-5-7(3-4-9(10)13)8-6-11(8)17(12,14)15/h3-5,8,11,13H,2,6H2,1H3. The summed E-state index contributed by atoms with van der Waals surface area (Å²) < 4.78 is 27.5. The number of hydrogen-bond acceptors (Lipinski definition) is 4. The second kappa shape index (κ2) is 4.38. The maximum atomic E-state index is 11.1. The summed E-state index contributed by atoms with van der Waals surface area (Å²) in [6.45, 7) is 2.26. The highest BCUT2D eigenvalue weighted by molar-refractivity contribution is 8.14. The molecular weight excluding hydrogens is 264 g/mol. The van der Waals surface area contributed by atoms with Crippen molar-refractivity contribution in [3.63, 3.8) is 0 Å². The Balaban J connectivity index is 2.22. The molecule has 1 aliphatic rings. The summed E-state index contributed by atoms with van der Waals surface area (Å²) in [5, 5.41) is 9.01. The van der Waals surface area contributed by atoms with Gasteiger partial charge in [-0.1, -0.05) is 6.07 Å². The second-order valence-corrected chi connectivity index (χ2v) is 6.86. The fourth-order valence-electron chi connectivity index (χ4n) is 1.87. The maximum Gasteiger partial charge on any atom is 0.236 e. The lowest BCUT2D eigenvalue weighted by Crippen LogP contribution is -2.00. The minimum Gasteiger partial charge on any atom is -0.504 e. The van der Waals surface area contributed by atoms with E-state index in [1.165, 1.54) is 6.07 Å². The molecule has 0 bridgehead atoms. The van der Waals surface area contributed by atoms with Crippen molar-refractivity contribution in [1.82, 2.24) is 0 Å². The van der Waals surface area contributed by atoms with Crippen LogP contribution in [-0.4, -0.2) is 25.4 Å². The Morgan fingerprint density at radius 2 is 2.24 bits per heavy atom. The molecule has 2 unspecified atom stereocenters. The molecule has 0 amide bonds. The molecule has 0 radical (unpaired) electrons. The predicted molar refractivity (Wildman–Crippen MR) is 65.2 cm³/mol. The van der Waals surface area contributed by atoms with Crippen molar-refractivity contribution in [1.29, 1.82) is 0 Å². The van der Waals surface area contributed by atoms with E-state index < -0.39 is 14.3 Å². The summed E-state index contributed by atoms with van der Waals surface area (Å²) in [6, 6.07) is 4.88. The molecule has 1 N–H and O–H groups in total. The Morgan fingerprint density at radius 1 is 1.53 bits per heavy atom. The largest absolute Gasteiger partial charge is 0.504 e. The molecule has 0 aliphatic heterocycles. The lowest BCUT2D eigenvalue weighted by molar-refractivity contribution is 0.318. The molecule has 0 spiro atoms. The van der Waals surface area contributed by atoms with Gasteiger partial charge in [-0.05, 0) is 31.0 Å². The van der Waals surface area contributed by atoms with Crippen LogP contribution in [0.15, 0.2) is 18.2 Å². The van der Waals surface area contributed by atoms with Crippen LogP contribution in [0, 0.1) is 0 Å². The van der Waals surface area contributed by atoms with Crippen molar-refractivity contribution in [2.75, 3.05) is 6.61 Å². The fourth-order valence-corrected chi connectivity index (χ4v) is 3.44. The molecule has 0 saturated heterocycles. The molecule has 2 rings (SSSR count). The van der Waals surface area contributed by atoms with Crippen LogP contribution in [-0.2, 0) is 9.05 Å². The summed E-state index contributed by atoms with van der Waals surface area (Å²) in [5.41, 5.74) is 0.834. The zero-order valence-corrected chi connectivity index (χ0v) is 10.8. The SMILES string of the molecule is CCOc1cc(C2CC2S(=O)(=O)Cl)ccc1O. The fraction of sp³-hybridized carbons (Fsp3) is 0.455.